The van der Waals surface area contributed by atoms with E-state index in [2.05, 4.69) is 39.4 Å². The minimum Gasteiger partial charge on any atom is -0.497 e. The van der Waals surface area contributed by atoms with E-state index in [9.17, 15) is 4.79 Å². The molecular formula is C24H28N4O3. The molecule has 3 aromatic rings. The summed E-state index contributed by atoms with van der Waals surface area (Å²) >= 11 is 0. The van der Waals surface area contributed by atoms with E-state index in [4.69, 9.17) is 9.26 Å². The van der Waals surface area contributed by atoms with Gasteiger partial charge in [-0.05, 0) is 67.3 Å². The molecular weight excluding hydrogens is 392 g/mol. The zero-order valence-electron chi connectivity index (χ0n) is 18.0. The van der Waals surface area contributed by atoms with Gasteiger partial charge in [-0.2, -0.15) is 4.98 Å². The molecule has 1 saturated heterocycles. The van der Waals surface area contributed by atoms with Crippen LogP contribution in [-0.2, 0) is 11.2 Å². The van der Waals surface area contributed by atoms with Crippen molar-refractivity contribution < 1.29 is 14.1 Å². The largest absolute Gasteiger partial charge is 0.497 e. The lowest BCUT2D eigenvalue weighted by atomic mass is 9.99. The Kier molecular flexibility index (Phi) is 6.50. The summed E-state index contributed by atoms with van der Waals surface area (Å²) in [6, 6.07) is 15.5. The highest BCUT2D eigenvalue weighted by Crippen LogP contribution is 2.24. The average molecular weight is 421 g/mol. The number of rotatable bonds is 7. The van der Waals surface area contributed by atoms with E-state index in [1.165, 1.54) is 18.5 Å². The molecule has 1 aromatic heterocycles. The van der Waals surface area contributed by atoms with Crippen molar-refractivity contribution in [1.82, 2.24) is 10.1 Å². The Hall–Kier alpha value is -3.35. The Labute approximate surface area is 182 Å². The first-order valence-electron chi connectivity index (χ1n) is 10.7. The minimum atomic E-state index is -0.0799. The molecule has 0 spiro atoms. The number of aryl methyl sites for hydroxylation is 1. The molecule has 0 unspecified atom stereocenters. The van der Waals surface area contributed by atoms with Crippen LogP contribution in [0.4, 0.5) is 11.4 Å². The van der Waals surface area contributed by atoms with Crippen LogP contribution in [0, 0.1) is 5.92 Å². The second kappa shape index (κ2) is 9.64. The molecule has 4 rings (SSSR count). The zero-order valence-corrected chi connectivity index (χ0v) is 18.0. The second-order valence-corrected chi connectivity index (χ2v) is 8.00. The summed E-state index contributed by atoms with van der Waals surface area (Å²) in [5.41, 5.74) is 2.84. The molecule has 7 heteroatoms. The van der Waals surface area contributed by atoms with Crippen molar-refractivity contribution in [3.8, 4) is 17.1 Å². The molecule has 1 fully saturated rings. The third-order valence-corrected chi connectivity index (χ3v) is 5.68. The molecule has 162 valence electrons. The molecule has 7 nitrogen and oxygen atoms in total. The quantitative estimate of drug-likeness (QED) is 0.604. The molecule has 1 N–H and O–H groups in total. The first-order valence-corrected chi connectivity index (χ1v) is 10.7. The van der Waals surface area contributed by atoms with Gasteiger partial charge in [0.15, 0.2) is 0 Å². The van der Waals surface area contributed by atoms with E-state index in [0.717, 1.165) is 36.0 Å². The van der Waals surface area contributed by atoms with Crippen molar-refractivity contribution in [3.63, 3.8) is 0 Å². The number of benzene rings is 2. The Morgan fingerprint density at radius 2 is 1.84 bits per heavy atom. The fourth-order valence-corrected chi connectivity index (χ4v) is 3.68. The summed E-state index contributed by atoms with van der Waals surface area (Å²) in [6.45, 7) is 4.50. The number of hydrogen-bond donors (Lipinski definition) is 1. The number of methoxy groups -OCH3 is 1. The van der Waals surface area contributed by atoms with Gasteiger partial charge in [0.1, 0.15) is 5.75 Å². The number of aromatic nitrogens is 2. The lowest BCUT2D eigenvalue weighted by Gasteiger charge is -2.32. The van der Waals surface area contributed by atoms with Crippen LogP contribution < -0.4 is 15.0 Å². The van der Waals surface area contributed by atoms with E-state index in [-0.39, 0.29) is 12.3 Å². The second-order valence-electron chi connectivity index (χ2n) is 8.00. The highest BCUT2D eigenvalue weighted by molar-refractivity contribution is 5.91. The van der Waals surface area contributed by atoms with E-state index in [0.29, 0.717) is 18.1 Å². The van der Waals surface area contributed by atoms with E-state index in [1.54, 1.807) is 7.11 Å². The van der Waals surface area contributed by atoms with Gasteiger partial charge < -0.3 is 19.5 Å². The van der Waals surface area contributed by atoms with Gasteiger partial charge in [0.25, 0.3) is 0 Å². The molecule has 0 radical (unpaired) electrons. The Morgan fingerprint density at radius 1 is 1.13 bits per heavy atom. The highest BCUT2D eigenvalue weighted by Gasteiger charge is 2.16. The minimum absolute atomic E-state index is 0.0799. The first kappa shape index (κ1) is 20.9. The van der Waals surface area contributed by atoms with Gasteiger partial charge in [0.05, 0.1) is 7.11 Å². The Morgan fingerprint density at radius 3 is 2.52 bits per heavy atom. The molecule has 0 atom stereocenters. The van der Waals surface area contributed by atoms with Crippen molar-refractivity contribution >= 4 is 17.3 Å². The normalized spacial score (nSPS) is 14.5. The summed E-state index contributed by atoms with van der Waals surface area (Å²) in [4.78, 5) is 19.1. The maximum absolute atomic E-state index is 12.3. The van der Waals surface area contributed by atoms with Crippen LogP contribution in [0.25, 0.3) is 11.4 Å². The van der Waals surface area contributed by atoms with Crippen LogP contribution in [0.15, 0.2) is 53.1 Å². The van der Waals surface area contributed by atoms with E-state index < -0.39 is 0 Å². The highest BCUT2D eigenvalue weighted by atomic mass is 16.5. The van der Waals surface area contributed by atoms with Crippen LogP contribution in [0.3, 0.4) is 0 Å². The van der Waals surface area contributed by atoms with Crippen LogP contribution in [0.1, 0.15) is 32.1 Å². The van der Waals surface area contributed by atoms with Crippen molar-refractivity contribution in [2.24, 2.45) is 5.92 Å². The zero-order chi connectivity index (χ0) is 21.6. The summed E-state index contributed by atoms with van der Waals surface area (Å²) < 4.78 is 10.4. The number of carbonyl (C=O) groups excluding carboxylic acids is 1. The fourth-order valence-electron chi connectivity index (χ4n) is 3.68. The predicted molar refractivity (Wildman–Crippen MR) is 120 cm³/mol. The number of nitrogens with zero attached hydrogens (tertiary/aromatic N) is 3. The Balaban J connectivity index is 1.27. The maximum Gasteiger partial charge on any atom is 0.227 e. The topological polar surface area (TPSA) is 80.5 Å². The third-order valence-electron chi connectivity index (χ3n) is 5.68. The van der Waals surface area contributed by atoms with Gasteiger partial charge in [0.2, 0.25) is 17.6 Å². The molecule has 1 amide bonds. The molecule has 2 aromatic carbocycles. The van der Waals surface area contributed by atoms with Crippen LogP contribution >= 0.6 is 0 Å². The van der Waals surface area contributed by atoms with Crippen LogP contribution in [-0.4, -0.2) is 36.2 Å². The number of piperidine rings is 1. The van der Waals surface area contributed by atoms with Crippen molar-refractivity contribution in [1.29, 1.82) is 0 Å². The molecule has 0 bridgehead atoms. The smallest absolute Gasteiger partial charge is 0.227 e. The summed E-state index contributed by atoms with van der Waals surface area (Å²) in [5, 5.41) is 6.94. The monoisotopic (exact) mass is 420 g/mol. The predicted octanol–water partition coefficient (Wildman–Crippen LogP) is 4.55. The number of anilines is 2. The summed E-state index contributed by atoms with van der Waals surface area (Å²) in [5.74, 6) is 2.43. The lowest BCUT2D eigenvalue weighted by molar-refractivity contribution is -0.116. The molecule has 2 heterocycles. The molecule has 1 aliphatic rings. The van der Waals surface area contributed by atoms with Gasteiger partial charge in [-0.1, -0.05) is 12.1 Å². The number of ether oxygens (including phenoxy) is 1. The molecule has 0 aliphatic carbocycles. The van der Waals surface area contributed by atoms with Crippen molar-refractivity contribution in [3.05, 3.63) is 54.4 Å². The van der Waals surface area contributed by atoms with Crippen molar-refractivity contribution in [2.75, 3.05) is 30.4 Å². The maximum atomic E-state index is 12.3. The SMILES string of the molecule is COc1ccc(-c2noc(CCC(=O)Nc3ccc(N4CCC(C)CC4)cc3)n2)cc1. The summed E-state index contributed by atoms with van der Waals surface area (Å²) in [7, 11) is 1.62. The lowest BCUT2D eigenvalue weighted by Crippen LogP contribution is -2.32. The Bertz CT molecular complexity index is 990. The average Bonchev–Trinajstić information content (AvgIpc) is 3.28. The van der Waals surface area contributed by atoms with Crippen LogP contribution in [0.2, 0.25) is 0 Å². The molecule has 1 aliphatic heterocycles. The van der Waals surface area contributed by atoms with Crippen LogP contribution in [0.5, 0.6) is 5.75 Å². The van der Waals surface area contributed by atoms with Gasteiger partial charge in [-0.15, -0.1) is 0 Å². The summed E-state index contributed by atoms with van der Waals surface area (Å²) in [6.07, 6.45) is 3.12. The fraction of sp³-hybridized carbons (Fsp3) is 0.375. The molecule has 31 heavy (non-hydrogen) atoms. The number of amides is 1. The van der Waals surface area contributed by atoms with E-state index >= 15 is 0 Å². The van der Waals surface area contributed by atoms with Gasteiger partial charge in [-0.25, -0.2) is 0 Å². The third kappa shape index (κ3) is 5.42. The number of nitrogens with one attached hydrogen (secondary N) is 1. The standard InChI is InChI=1S/C24H28N4O3/c1-17-13-15-28(16-14-17)20-7-5-19(6-8-20)25-22(29)11-12-23-26-24(27-31-23)18-3-9-21(30-2)10-4-18/h3-10,17H,11-16H2,1-2H3,(H,25,29). The van der Waals surface area contributed by atoms with Gasteiger partial charge >= 0.3 is 0 Å². The molecule has 0 saturated carbocycles. The van der Waals surface area contributed by atoms with E-state index in [1.807, 2.05) is 36.4 Å². The number of carbonyl (C=O) groups is 1. The van der Waals surface area contributed by atoms with Gasteiger partial charge in [-0.3, -0.25) is 4.79 Å². The van der Waals surface area contributed by atoms with Gasteiger partial charge in [0, 0.05) is 42.9 Å². The van der Waals surface area contributed by atoms with Crippen molar-refractivity contribution in [2.45, 2.75) is 32.6 Å². The number of hydrogen-bond acceptors (Lipinski definition) is 6. The first-order chi connectivity index (χ1) is 15.1.